The monoisotopic (exact) mass is 379 g/mol. The average molecular weight is 380 g/mol. The van der Waals surface area contributed by atoms with E-state index in [1.54, 1.807) is 0 Å². The zero-order valence-corrected chi connectivity index (χ0v) is 17.4. The molecule has 2 heterocycles. The first-order valence-corrected chi connectivity index (χ1v) is 10.5. The molecule has 6 nitrogen and oxygen atoms in total. The van der Waals surface area contributed by atoms with Crippen LogP contribution in [-0.4, -0.2) is 79.4 Å². The summed E-state index contributed by atoms with van der Waals surface area (Å²) in [4.78, 5) is 24.8. The van der Waals surface area contributed by atoms with Gasteiger partial charge in [0.2, 0.25) is 5.91 Å². The molecule has 0 bridgehead atoms. The highest BCUT2D eigenvalue weighted by Crippen LogP contribution is 2.23. The number of aliphatic imine (C=N–C) groups is 1. The molecule has 1 aliphatic heterocycles. The molecule has 1 N–H and O–H groups in total. The number of amides is 1. The van der Waals surface area contributed by atoms with Crippen LogP contribution in [0.2, 0.25) is 0 Å². The molecule has 26 heavy (non-hydrogen) atoms. The van der Waals surface area contributed by atoms with Crippen molar-refractivity contribution < 1.29 is 4.79 Å². The number of carbonyl (C=O) groups is 1. The normalized spacial score (nSPS) is 14.8. The predicted molar refractivity (Wildman–Crippen MR) is 110 cm³/mol. The summed E-state index contributed by atoms with van der Waals surface area (Å²) < 4.78 is 0. The number of likely N-dealkylation sites (N-methyl/N-ethyl adjacent to an activating group) is 2. The van der Waals surface area contributed by atoms with E-state index >= 15 is 0 Å². The molecule has 1 aromatic rings. The average Bonchev–Trinajstić information content (AvgIpc) is 3.09. The fourth-order valence-corrected chi connectivity index (χ4v) is 4.11. The molecule has 0 atom stereocenters. The summed E-state index contributed by atoms with van der Waals surface area (Å²) >= 11 is 1.87. The minimum Gasteiger partial charge on any atom is -0.357 e. The fourth-order valence-electron chi connectivity index (χ4n) is 3.22. The first-order valence-electron chi connectivity index (χ1n) is 9.63. The molecule has 7 heteroatoms. The first-order chi connectivity index (χ1) is 12.6. The third-order valence-electron chi connectivity index (χ3n) is 4.75. The molecule has 0 unspecified atom stereocenters. The number of hydrogen-bond acceptors (Lipinski definition) is 4. The van der Waals surface area contributed by atoms with Gasteiger partial charge in [-0.2, -0.15) is 0 Å². The Balaban J connectivity index is 1.86. The maximum Gasteiger partial charge on any atom is 0.242 e. The third-order valence-corrected chi connectivity index (χ3v) is 5.77. The lowest BCUT2D eigenvalue weighted by atomic mass is 10.1. The van der Waals surface area contributed by atoms with Crippen LogP contribution < -0.4 is 5.32 Å². The van der Waals surface area contributed by atoms with Crippen molar-refractivity contribution in [1.29, 1.82) is 0 Å². The summed E-state index contributed by atoms with van der Waals surface area (Å²) in [6, 6.07) is 2.24. The van der Waals surface area contributed by atoms with Gasteiger partial charge in [0.25, 0.3) is 0 Å². The number of nitrogens with one attached hydrogen (secondary N) is 1. The Kier molecular flexibility index (Phi) is 8.38. The van der Waals surface area contributed by atoms with Crippen molar-refractivity contribution in [3.05, 3.63) is 21.9 Å². The van der Waals surface area contributed by atoms with Crippen LogP contribution >= 0.6 is 11.3 Å². The van der Waals surface area contributed by atoms with E-state index in [2.05, 4.69) is 28.6 Å². The standard InChI is InChI=1S/C19H33N5OS/c1-5-20-19(22(4)15-18(25)24(6-2)7-3)21-10-12-23-11-8-17-16(14-23)9-13-26-17/h9,13H,5-8,10-12,14-15H2,1-4H3,(H,20,21). The number of thiophene rings is 1. The molecule has 0 aliphatic carbocycles. The highest BCUT2D eigenvalue weighted by molar-refractivity contribution is 7.10. The van der Waals surface area contributed by atoms with E-state index < -0.39 is 0 Å². The second kappa shape index (κ2) is 10.5. The van der Waals surface area contributed by atoms with Crippen molar-refractivity contribution >= 4 is 23.2 Å². The highest BCUT2D eigenvalue weighted by atomic mass is 32.1. The van der Waals surface area contributed by atoms with Gasteiger partial charge in [-0.3, -0.25) is 14.7 Å². The van der Waals surface area contributed by atoms with Gasteiger partial charge in [-0.25, -0.2) is 0 Å². The molecular weight excluding hydrogens is 346 g/mol. The van der Waals surface area contributed by atoms with Crippen LogP contribution in [0.3, 0.4) is 0 Å². The van der Waals surface area contributed by atoms with E-state index in [4.69, 9.17) is 4.99 Å². The molecule has 146 valence electrons. The minimum atomic E-state index is 0.143. The number of fused-ring (bicyclic) bond motifs is 1. The van der Waals surface area contributed by atoms with Crippen LogP contribution in [0.5, 0.6) is 0 Å². The fraction of sp³-hybridized carbons (Fsp3) is 0.684. The van der Waals surface area contributed by atoms with Crippen LogP contribution in [0.15, 0.2) is 16.4 Å². The van der Waals surface area contributed by atoms with Gasteiger partial charge in [-0.05, 0) is 44.2 Å². The Labute approximate surface area is 161 Å². The van der Waals surface area contributed by atoms with Crippen molar-refractivity contribution in [3.8, 4) is 0 Å². The lowest BCUT2D eigenvalue weighted by Gasteiger charge is -2.27. The van der Waals surface area contributed by atoms with Crippen molar-refractivity contribution in [3.63, 3.8) is 0 Å². The van der Waals surface area contributed by atoms with Crippen LogP contribution in [0.4, 0.5) is 0 Å². The number of carbonyl (C=O) groups excluding carboxylic acids is 1. The van der Waals surface area contributed by atoms with Crippen LogP contribution in [-0.2, 0) is 17.8 Å². The zero-order valence-electron chi connectivity index (χ0n) is 16.6. The largest absolute Gasteiger partial charge is 0.357 e. The second-order valence-corrected chi connectivity index (χ2v) is 7.55. The van der Waals surface area contributed by atoms with E-state index in [0.29, 0.717) is 6.54 Å². The van der Waals surface area contributed by atoms with Gasteiger partial charge >= 0.3 is 0 Å². The first kappa shape index (κ1) is 20.7. The molecule has 0 saturated carbocycles. The Morgan fingerprint density at radius 1 is 1.35 bits per heavy atom. The highest BCUT2D eigenvalue weighted by Gasteiger charge is 2.17. The third kappa shape index (κ3) is 5.71. The lowest BCUT2D eigenvalue weighted by molar-refractivity contribution is -0.131. The zero-order chi connectivity index (χ0) is 18.9. The van der Waals surface area contributed by atoms with Crippen LogP contribution in [0.25, 0.3) is 0 Å². The Morgan fingerprint density at radius 3 is 2.81 bits per heavy atom. The van der Waals surface area contributed by atoms with Gasteiger partial charge < -0.3 is 15.1 Å². The van der Waals surface area contributed by atoms with E-state index in [0.717, 1.165) is 58.2 Å². The number of hydrogen-bond donors (Lipinski definition) is 1. The molecule has 1 amide bonds. The molecule has 1 aliphatic rings. The molecule has 0 radical (unpaired) electrons. The number of guanidine groups is 1. The topological polar surface area (TPSA) is 51.2 Å². The summed E-state index contributed by atoms with van der Waals surface area (Å²) in [6.45, 7) is 12.5. The van der Waals surface area contributed by atoms with E-state index in [9.17, 15) is 4.79 Å². The van der Waals surface area contributed by atoms with Gasteiger partial charge in [-0.1, -0.05) is 0 Å². The quantitative estimate of drug-likeness (QED) is 0.553. The van der Waals surface area contributed by atoms with E-state index in [1.807, 2.05) is 42.0 Å². The Bertz CT molecular complexity index is 597. The van der Waals surface area contributed by atoms with E-state index in [1.165, 1.54) is 10.4 Å². The van der Waals surface area contributed by atoms with Crippen molar-refractivity contribution in [1.82, 2.24) is 20.0 Å². The molecular formula is C19H33N5OS. The summed E-state index contributed by atoms with van der Waals surface area (Å²) in [5.41, 5.74) is 1.47. The van der Waals surface area contributed by atoms with Crippen LogP contribution in [0.1, 0.15) is 31.2 Å². The van der Waals surface area contributed by atoms with Crippen molar-refractivity contribution in [2.45, 2.75) is 33.7 Å². The van der Waals surface area contributed by atoms with E-state index in [-0.39, 0.29) is 5.91 Å². The predicted octanol–water partition coefficient (Wildman–Crippen LogP) is 1.87. The molecule has 0 spiro atoms. The van der Waals surface area contributed by atoms with Gasteiger partial charge in [0, 0.05) is 51.2 Å². The Morgan fingerprint density at radius 2 is 2.12 bits per heavy atom. The van der Waals surface area contributed by atoms with Gasteiger partial charge in [-0.15, -0.1) is 11.3 Å². The Hall–Kier alpha value is -1.60. The smallest absolute Gasteiger partial charge is 0.242 e. The number of rotatable bonds is 8. The van der Waals surface area contributed by atoms with Gasteiger partial charge in [0.1, 0.15) is 0 Å². The lowest BCUT2D eigenvalue weighted by Crippen LogP contribution is -2.46. The summed E-state index contributed by atoms with van der Waals surface area (Å²) in [5, 5.41) is 5.49. The summed E-state index contributed by atoms with van der Waals surface area (Å²) in [5.74, 6) is 0.949. The molecule has 0 fully saturated rings. The minimum absolute atomic E-state index is 0.143. The molecule has 0 aromatic carbocycles. The maximum atomic E-state index is 12.3. The number of nitrogens with zero attached hydrogens (tertiary/aromatic N) is 4. The summed E-state index contributed by atoms with van der Waals surface area (Å²) in [6.07, 6.45) is 1.15. The molecule has 2 rings (SSSR count). The van der Waals surface area contributed by atoms with Gasteiger partial charge in [0.15, 0.2) is 5.96 Å². The maximum absolute atomic E-state index is 12.3. The SMILES string of the molecule is CCNC(=NCCN1CCc2sccc2C1)N(C)CC(=O)N(CC)CC. The van der Waals surface area contributed by atoms with Crippen molar-refractivity contribution in [2.24, 2.45) is 4.99 Å². The molecule has 0 saturated heterocycles. The second-order valence-electron chi connectivity index (χ2n) is 6.55. The van der Waals surface area contributed by atoms with Gasteiger partial charge in [0.05, 0.1) is 13.1 Å². The van der Waals surface area contributed by atoms with Crippen molar-refractivity contribution in [2.75, 3.05) is 52.9 Å². The molecule has 1 aromatic heterocycles. The summed E-state index contributed by atoms with van der Waals surface area (Å²) in [7, 11) is 1.93. The van der Waals surface area contributed by atoms with Crippen LogP contribution in [0, 0.1) is 0 Å².